The van der Waals surface area contributed by atoms with E-state index in [9.17, 15) is 0 Å². The largest absolute Gasteiger partial charge is 0.326 e. The average Bonchev–Trinajstić information content (AvgIpc) is 3.09. The Balaban J connectivity index is 1.70. The molecule has 1 aromatic heterocycles. The van der Waals surface area contributed by atoms with Crippen molar-refractivity contribution >= 4 is 11.3 Å². The Morgan fingerprint density at radius 3 is 2.60 bits per heavy atom. The van der Waals surface area contributed by atoms with Gasteiger partial charge in [-0.15, -0.1) is 11.3 Å². The van der Waals surface area contributed by atoms with Crippen LogP contribution in [0, 0.1) is 6.92 Å². The lowest BCUT2D eigenvalue weighted by atomic mass is 10.1. The molecule has 1 aromatic rings. The molecule has 0 bridgehead atoms. The molecule has 20 heavy (non-hydrogen) atoms. The third kappa shape index (κ3) is 2.93. The van der Waals surface area contributed by atoms with Gasteiger partial charge in [-0.1, -0.05) is 0 Å². The zero-order chi connectivity index (χ0) is 14.1. The standard InChI is InChI=1S/C16H27N3S/c1-12-5-6-15(20-12)16(13(2)17)19-10-7-14(11-19)18-8-3-4-9-18/h5-6,13-14,16H,3-4,7-11,17H2,1-2H3. The quantitative estimate of drug-likeness (QED) is 0.926. The third-order valence-corrected chi connectivity index (χ3v) is 5.87. The van der Waals surface area contributed by atoms with Gasteiger partial charge in [-0.2, -0.15) is 0 Å². The number of likely N-dealkylation sites (tertiary alicyclic amines) is 2. The average molecular weight is 293 g/mol. The van der Waals surface area contributed by atoms with Crippen LogP contribution in [0.25, 0.3) is 0 Å². The second-order valence-corrected chi connectivity index (χ2v) is 7.75. The summed E-state index contributed by atoms with van der Waals surface area (Å²) in [5.41, 5.74) is 6.31. The molecule has 3 heterocycles. The van der Waals surface area contributed by atoms with Gasteiger partial charge in [0.05, 0.1) is 6.04 Å². The van der Waals surface area contributed by atoms with E-state index in [4.69, 9.17) is 5.73 Å². The van der Waals surface area contributed by atoms with E-state index < -0.39 is 0 Å². The molecule has 2 aliphatic rings. The van der Waals surface area contributed by atoms with E-state index >= 15 is 0 Å². The number of nitrogens with two attached hydrogens (primary N) is 1. The van der Waals surface area contributed by atoms with E-state index in [1.807, 2.05) is 11.3 Å². The van der Waals surface area contributed by atoms with E-state index in [-0.39, 0.29) is 6.04 Å². The van der Waals surface area contributed by atoms with Gasteiger partial charge in [-0.05, 0) is 58.3 Å². The number of aryl methyl sites for hydroxylation is 1. The number of nitrogens with zero attached hydrogens (tertiary/aromatic N) is 2. The summed E-state index contributed by atoms with van der Waals surface area (Å²) in [5.74, 6) is 0. The monoisotopic (exact) mass is 293 g/mol. The second-order valence-electron chi connectivity index (χ2n) is 6.43. The Hall–Kier alpha value is -0.420. The van der Waals surface area contributed by atoms with Crippen molar-refractivity contribution in [1.82, 2.24) is 9.80 Å². The summed E-state index contributed by atoms with van der Waals surface area (Å²) in [7, 11) is 0. The molecule has 3 rings (SSSR count). The van der Waals surface area contributed by atoms with Gasteiger partial charge in [0.25, 0.3) is 0 Å². The van der Waals surface area contributed by atoms with Gasteiger partial charge in [-0.25, -0.2) is 0 Å². The summed E-state index contributed by atoms with van der Waals surface area (Å²) in [5, 5.41) is 0. The highest BCUT2D eigenvalue weighted by Gasteiger charge is 2.35. The van der Waals surface area contributed by atoms with Crippen molar-refractivity contribution in [3.05, 3.63) is 21.9 Å². The minimum atomic E-state index is 0.199. The SMILES string of the molecule is Cc1ccc(C(C(C)N)N2CCC(N3CCCC3)C2)s1. The van der Waals surface area contributed by atoms with Crippen LogP contribution in [0.1, 0.15) is 42.0 Å². The highest BCUT2D eigenvalue weighted by atomic mass is 32.1. The molecule has 2 N–H and O–H groups in total. The molecule has 0 aliphatic carbocycles. The lowest BCUT2D eigenvalue weighted by Gasteiger charge is -2.31. The Labute approximate surface area is 126 Å². The maximum atomic E-state index is 6.31. The van der Waals surface area contributed by atoms with Gasteiger partial charge < -0.3 is 5.73 Å². The molecule has 3 nitrogen and oxygen atoms in total. The van der Waals surface area contributed by atoms with Crippen molar-refractivity contribution in [1.29, 1.82) is 0 Å². The lowest BCUT2D eigenvalue weighted by molar-refractivity contribution is 0.188. The van der Waals surface area contributed by atoms with Crippen LogP contribution in [0.15, 0.2) is 12.1 Å². The first-order chi connectivity index (χ1) is 9.65. The van der Waals surface area contributed by atoms with Gasteiger partial charge in [0.1, 0.15) is 0 Å². The van der Waals surface area contributed by atoms with Gasteiger partial charge in [0.2, 0.25) is 0 Å². The first kappa shape index (κ1) is 14.5. The van der Waals surface area contributed by atoms with Gasteiger partial charge in [0, 0.05) is 34.9 Å². The van der Waals surface area contributed by atoms with E-state index in [1.165, 1.54) is 55.2 Å². The van der Waals surface area contributed by atoms with Crippen LogP contribution in [0.2, 0.25) is 0 Å². The van der Waals surface area contributed by atoms with Crippen molar-refractivity contribution in [2.75, 3.05) is 26.2 Å². The Bertz CT molecular complexity index is 437. The van der Waals surface area contributed by atoms with E-state index in [0.717, 1.165) is 6.04 Å². The fourth-order valence-electron chi connectivity index (χ4n) is 3.81. The van der Waals surface area contributed by atoms with E-state index in [1.54, 1.807) is 0 Å². The summed E-state index contributed by atoms with van der Waals surface area (Å²) in [6, 6.07) is 5.87. The number of hydrogen-bond donors (Lipinski definition) is 1. The minimum absolute atomic E-state index is 0.199. The fourth-order valence-corrected chi connectivity index (χ4v) is 4.94. The maximum Gasteiger partial charge on any atom is 0.0591 e. The molecule has 0 saturated carbocycles. The molecular formula is C16H27N3S. The molecule has 3 unspecified atom stereocenters. The van der Waals surface area contributed by atoms with Crippen LogP contribution in [0.3, 0.4) is 0 Å². The summed E-state index contributed by atoms with van der Waals surface area (Å²) in [6.07, 6.45) is 4.09. The first-order valence-corrected chi connectivity index (χ1v) is 8.77. The van der Waals surface area contributed by atoms with Crippen molar-refractivity contribution in [2.24, 2.45) is 5.73 Å². The van der Waals surface area contributed by atoms with Gasteiger partial charge in [0.15, 0.2) is 0 Å². The molecule has 0 aromatic carbocycles. The molecule has 0 amide bonds. The first-order valence-electron chi connectivity index (χ1n) is 7.95. The predicted octanol–water partition coefficient (Wildman–Crippen LogP) is 2.61. The van der Waals surface area contributed by atoms with Crippen LogP contribution in [0.4, 0.5) is 0 Å². The second kappa shape index (κ2) is 6.14. The molecule has 0 spiro atoms. The highest BCUT2D eigenvalue weighted by Crippen LogP contribution is 2.33. The van der Waals surface area contributed by atoms with Crippen molar-refractivity contribution in [3.8, 4) is 0 Å². The van der Waals surface area contributed by atoms with E-state index in [2.05, 4.69) is 35.8 Å². The summed E-state index contributed by atoms with van der Waals surface area (Å²) in [6.45, 7) is 9.35. The molecule has 0 radical (unpaired) electrons. The summed E-state index contributed by atoms with van der Waals surface area (Å²) < 4.78 is 0. The fraction of sp³-hybridized carbons (Fsp3) is 0.750. The van der Waals surface area contributed by atoms with E-state index in [0.29, 0.717) is 6.04 Å². The smallest absolute Gasteiger partial charge is 0.0591 e. The lowest BCUT2D eigenvalue weighted by Crippen LogP contribution is -2.40. The summed E-state index contributed by atoms with van der Waals surface area (Å²) in [4.78, 5) is 8.15. The number of thiophene rings is 1. The van der Waals surface area contributed by atoms with Gasteiger partial charge >= 0.3 is 0 Å². The zero-order valence-electron chi connectivity index (χ0n) is 12.7. The van der Waals surface area contributed by atoms with Crippen LogP contribution in [-0.2, 0) is 0 Å². The Morgan fingerprint density at radius 2 is 2.00 bits per heavy atom. The Kier molecular flexibility index (Phi) is 4.46. The minimum Gasteiger partial charge on any atom is -0.326 e. The normalized spacial score (nSPS) is 28.1. The zero-order valence-corrected chi connectivity index (χ0v) is 13.5. The van der Waals surface area contributed by atoms with Crippen LogP contribution < -0.4 is 5.73 Å². The predicted molar refractivity (Wildman–Crippen MR) is 86.2 cm³/mol. The maximum absolute atomic E-state index is 6.31. The molecular weight excluding hydrogens is 266 g/mol. The van der Waals surface area contributed by atoms with Crippen molar-refractivity contribution < 1.29 is 0 Å². The molecule has 112 valence electrons. The van der Waals surface area contributed by atoms with Crippen LogP contribution in [-0.4, -0.2) is 48.1 Å². The van der Waals surface area contributed by atoms with Crippen molar-refractivity contribution in [3.63, 3.8) is 0 Å². The van der Waals surface area contributed by atoms with Crippen molar-refractivity contribution in [2.45, 2.75) is 51.2 Å². The number of hydrogen-bond acceptors (Lipinski definition) is 4. The molecule has 3 atom stereocenters. The third-order valence-electron chi connectivity index (χ3n) is 4.80. The highest BCUT2D eigenvalue weighted by molar-refractivity contribution is 7.12. The number of rotatable bonds is 4. The Morgan fingerprint density at radius 1 is 1.25 bits per heavy atom. The molecule has 2 fully saturated rings. The molecule has 2 aliphatic heterocycles. The molecule has 2 saturated heterocycles. The van der Waals surface area contributed by atoms with Crippen LogP contribution in [0.5, 0.6) is 0 Å². The van der Waals surface area contributed by atoms with Gasteiger partial charge in [-0.3, -0.25) is 9.80 Å². The summed E-state index contributed by atoms with van der Waals surface area (Å²) >= 11 is 1.91. The topological polar surface area (TPSA) is 32.5 Å². The van der Waals surface area contributed by atoms with Crippen LogP contribution >= 0.6 is 11.3 Å². The molecule has 4 heteroatoms.